The molecule has 21 heavy (non-hydrogen) atoms. The molecule has 1 aromatic carbocycles. The molecule has 2 unspecified atom stereocenters. The van der Waals surface area contributed by atoms with E-state index in [4.69, 9.17) is 5.73 Å². The van der Waals surface area contributed by atoms with Crippen molar-refractivity contribution in [2.75, 3.05) is 5.32 Å². The van der Waals surface area contributed by atoms with Crippen LogP contribution < -0.4 is 16.2 Å². The predicted octanol–water partition coefficient (Wildman–Crippen LogP) is 0.280. The number of carbonyl (C=O) groups excluding carboxylic acids is 3. The third kappa shape index (κ3) is 3.59. The molecule has 3 N–H and O–H groups in total. The molecule has 1 aromatic rings. The van der Waals surface area contributed by atoms with Crippen LogP contribution in [0.15, 0.2) is 24.3 Å². The molecule has 1 aliphatic carbocycles. The van der Waals surface area contributed by atoms with Crippen molar-refractivity contribution >= 4 is 23.5 Å². The van der Waals surface area contributed by atoms with Gasteiger partial charge in [0.05, 0.1) is 0 Å². The highest BCUT2D eigenvalue weighted by Gasteiger charge is 2.31. The van der Waals surface area contributed by atoms with E-state index >= 15 is 0 Å². The molecule has 0 radical (unpaired) electrons. The van der Waals surface area contributed by atoms with Gasteiger partial charge < -0.3 is 21.0 Å². The molecule has 1 aliphatic rings. The summed E-state index contributed by atoms with van der Waals surface area (Å²) in [5.74, 6) is -3.34. The highest BCUT2D eigenvalue weighted by atomic mass is 16.4. The van der Waals surface area contributed by atoms with Crippen LogP contribution in [0.25, 0.3) is 0 Å². The van der Waals surface area contributed by atoms with E-state index in [9.17, 15) is 19.5 Å². The average molecular weight is 289 g/mol. The van der Waals surface area contributed by atoms with Crippen LogP contribution in [0.5, 0.6) is 0 Å². The average Bonchev–Trinajstić information content (AvgIpc) is 2.47. The van der Waals surface area contributed by atoms with Crippen LogP contribution in [0, 0.1) is 11.8 Å². The van der Waals surface area contributed by atoms with Gasteiger partial charge in [-0.2, -0.15) is 0 Å². The van der Waals surface area contributed by atoms with E-state index in [-0.39, 0.29) is 5.91 Å². The summed E-state index contributed by atoms with van der Waals surface area (Å²) in [4.78, 5) is 34.3. The molecule has 2 atom stereocenters. The first-order valence-electron chi connectivity index (χ1n) is 6.90. The summed E-state index contributed by atoms with van der Waals surface area (Å²) in [5, 5.41) is 13.8. The van der Waals surface area contributed by atoms with Crippen LogP contribution in [0.1, 0.15) is 36.0 Å². The molecule has 2 amide bonds. The Hall–Kier alpha value is -2.37. The van der Waals surface area contributed by atoms with Gasteiger partial charge in [0.1, 0.15) is 0 Å². The molecule has 0 bridgehead atoms. The van der Waals surface area contributed by atoms with Crippen molar-refractivity contribution in [3.05, 3.63) is 29.8 Å². The van der Waals surface area contributed by atoms with Crippen LogP contribution >= 0.6 is 0 Å². The third-order valence-corrected chi connectivity index (χ3v) is 3.84. The van der Waals surface area contributed by atoms with Gasteiger partial charge in [0.15, 0.2) is 0 Å². The van der Waals surface area contributed by atoms with Crippen molar-refractivity contribution in [2.45, 2.75) is 25.7 Å². The second kappa shape index (κ2) is 6.39. The van der Waals surface area contributed by atoms with E-state index in [2.05, 4.69) is 5.32 Å². The number of benzene rings is 1. The first-order chi connectivity index (χ1) is 9.99. The summed E-state index contributed by atoms with van der Waals surface area (Å²) in [6.45, 7) is 0. The number of rotatable bonds is 4. The molecule has 0 aliphatic heterocycles. The van der Waals surface area contributed by atoms with Crippen molar-refractivity contribution in [3.8, 4) is 0 Å². The maximum Gasteiger partial charge on any atom is 0.248 e. The summed E-state index contributed by atoms with van der Waals surface area (Å²) >= 11 is 0. The van der Waals surface area contributed by atoms with Crippen LogP contribution in [-0.4, -0.2) is 17.8 Å². The number of carbonyl (C=O) groups is 3. The topological polar surface area (TPSA) is 112 Å². The minimum absolute atomic E-state index is 0.323. The molecule has 1 saturated carbocycles. The molecular weight excluding hydrogens is 272 g/mol. The van der Waals surface area contributed by atoms with E-state index in [0.29, 0.717) is 24.1 Å². The Labute approximate surface area is 122 Å². The normalized spacial score (nSPS) is 21.5. The maximum absolute atomic E-state index is 12.2. The fourth-order valence-corrected chi connectivity index (χ4v) is 2.68. The molecular formula is C15H17N2O4-. The second-order valence-corrected chi connectivity index (χ2v) is 5.25. The Kier molecular flexibility index (Phi) is 4.57. The van der Waals surface area contributed by atoms with Gasteiger partial charge in [0.2, 0.25) is 11.8 Å². The Morgan fingerprint density at radius 3 is 2.14 bits per heavy atom. The van der Waals surface area contributed by atoms with Crippen molar-refractivity contribution in [2.24, 2.45) is 17.6 Å². The molecule has 0 aromatic heterocycles. The lowest BCUT2D eigenvalue weighted by Gasteiger charge is -2.31. The monoisotopic (exact) mass is 289 g/mol. The number of hydrogen-bond donors (Lipinski definition) is 2. The number of carboxylic acids is 1. The largest absolute Gasteiger partial charge is 0.550 e. The lowest BCUT2D eigenvalue weighted by molar-refractivity contribution is -0.313. The number of aliphatic carboxylic acids is 1. The van der Waals surface area contributed by atoms with Gasteiger partial charge in [-0.05, 0) is 37.1 Å². The predicted molar refractivity (Wildman–Crippen MR) is 74.0 cm³/mol. The quantitative estimate of drug-likeness (QED) is 0.828. The number of carboxylic acid groups (broad SMARTS) is 1. The van der Waals surface area contributed by atoms with Crippen LogP contribution in [-0.2, 0) is 9.59 Å². The number of amides is 2. The van der Waals surface area contributed by atoms with E-state index in [1.54, 1.807) is 12.1 Å². The Morgan fingerprint density at radius 1 is 1.05 bits per heavy atom. The molecule has 112 valence electrons. The van der Waals surface area contributed by atoms with Gasteiger partial charge in [-0.15, -0.1) is 0 Å². The highest BCUT2D eigenvalue weighted by molar-refractivity contribution is 5.96. The summed E-state index contributed by atoms with van der Waals surface area (Å²) in [6.07, 6.45) is 2.66. The summed E-state index contributed by atoms with van der Waals surface area (Å²) in [7, 11) is 0. The third-order valence-electron chi connectivity index (χ3n) is 3.84. The van der Waals surface area contributed by atoms with Gasteiger partial charge in [0, 0.05) is 29.1 Å². The lowest BCUT2D eigenvalue weighted by Crippen LogP contribution is -2.42. The van der Waals surface area contributed by atoms with Gasteiger partial charge in [-0.1, -0.05) is 12.8 Å². The fourth-order valence-electron chi connectivity index (χ4n) is 2.68. The van der Waals surface area contributed by atoms with Gasteiger partial charge in [-0.25, -0.2) is 0 Å². The number of nitrogens with two attached hydrogens (primary N) is 1. The zero-order valence-corrected chi connectivity index (χ0v) is 11.5. The summed E-state index contributed by atoms with van der Waals surface area (Å²) in [5.41, 5.74) is 5.99. The molecule has 1 fully saturated rings. The van der Waals surface area contributed by atoms with Crippen LogP contribution in [0.4, 0.5) is 5.69 Å². The number of anilines is 1. The van der Waals surface area contributed by atoms with E-state index < -0.39 is 23.7 Å². The summed E-state index contributed by atoms with van der Waals surface area (Å²) in [6, 6.07) is 6.15. The highest BCUT2D eigenvalue weighted by Crippen LogP contribution is 2.30. The molecule has 2 rings (SSSR count). The summed E-state index contributed by atoms with van der Waals surface area (Å²) < 4.78 is 0. The van der Waals surface area contributed by atoms with Crippen molar-refractivity contribution < 1.29 is 19.5 Å². The Balaban J connectivity index is 2.05. The molecule has 0 spiro atoms. The minimum Gasteiger partial charge on any atom is -0.550 e. The zero-order valence-electron chi connectivity index (χ0n) is 11.5. The van der Waals surface area contributed by atoms with E-state index in [0.717, 1.165) is 12.8 Å². The van der Waals surface area contributed by atoms with E-state index in [1.165, 1.54) is 12.1 Å². The first-order valence-corrected chi connectivity index (χ1v) is 6.90. The fraction of sp³-hybridized carbons (Fsp3) is 0.400. The zero-order chi connectivity index (χ0) is 15.4. The molecule has 0 saturated heterocycles. The Morgan fingerprint density at radius 2 is 1.62 bits per heavy atom. The number of primary amides is 1. The SMILES string of the molecule is NC(=O)c1ccc(NC(=O)C2CCCCC2C(=O)[O-])cc1. The number of hydrogen-bond acceptors (Lipinski definition) is 4. The minimum atomic E-state index is -1.17. The molecule has 6 heteroatoms. The standard InChI is InChI=1S/C15H18N2O4/c16-13(18)9-5-7-10(8-6-9)17-14(19)11-3-1-2-4-12(11)15(20)21/h5-8,11-12H,1-4H2,(H2,16,18)(H,17,19)(H,20,21)/p-1. The lowest BCUT2D eigenvalue weighted by atomic mass is 9.78. The smallest absolute Gasteiger partial charge is 0.248 e. The van der Waals surface area contributed by atoms with Gasteiger partial charge >= 0.3 is 0 Å². The van der Waals surface area contributed by atoms with Crippen molar-refractivity contribution in [1.29, 1.82) is 0 Å². The van der Waals surface area contributed by atoms with Gasteiger partial charge in [-0.3, -0.25) is 9.59 Å². The van der Waals surface area contributed by atoms with Crippen molar-refractivity contribution in [1.82, 2.24) is 0 Å². The second-order valence-electron chi connectivity index (χ2n) is 5.25. The first kappa shape index (κ1) is 15.0. The van der Waals surface area contributed by atoms with Crippen molar-refractivity contribution in [3.63, 3.8) is 0 Å². The van der Waals surface area contributed by atoms with Crippen LogP contribution in [0.2, 0.25) is 0 Å². The van der Waals surface area contributed by atoms with E-state index in [1.807, 2.05) is 0 Å². The van der Waals surface area contributed by atoms with Gasteiger partial charge in [0.25, 0.3) is 0 Å². The molecule has 0 heterocycles. The molecule has 6 nitrogen and oxygen atoms in total. The number of nitrogens with one attached hydrogen (secondary N) is 1. The maximum atomic E-state index is 12.2. The van der Waals surface area contributed by atoms with Crippen LogP contribution in [0.3, 0.4) is 0 Å². The Bertz CT molecular complexity index is 553.